The van der Waals surface area contributed by atoms with Crippen LogP contribution < -0.4 is 5.32 Å². The van der Waals surface area contributed by atoms with Gasteiger partial charge >= 0.3 is 5.97 Å². The third-order valence-electron chi connectivity index (χ3n) is 3.09. The van der Waals surface area contributed by atoms with Gasteiger partial charge in [-0.3, -0.25) is 4.79 Å². The monoisotopic (exact) mass is 285 g/mol. The first kappa shape index (κ1) is 16.0. The molecule has 0 aliphatic rings. The number of benzene rings is 1. The van der Waals surface area contributed by atoms with E-state index in [1.165, 1.54) is 0 Å². The maximum Gasteiger partial charge on any atom is 0.304 e. The van der Waals surface area contributed by atoms with Gasteiger partial charge in [-0.1, -0.05) is 30.7 Å². The van der Waals surface area contributed by atoms with Crippen LogP contribution in [0, 0.1) is 6.92 Å². The van der Waals surface area contributed by atoms with Gasteiger partial charge < -0.3 is 15.5 Å². The van der Waals surface area contributed by atoms with E-state index in [-0.39, 0.29) is 12.5 Å². The SMILES string of the molecule is CCC(NCCC(=O)O)C(O)c1ccc(Cl)c(C)c1. The molecule has 0 aliphatic carbocycles. The Balaban J connectivity index is 2.68. The molecule has 1 aromatic rings. The smallest absolute Gasteiger partial charge is 0.304 e. The van der Waals surface area contributed by atoms with E-state index in [9.17, 15) is 9.90 Å². The molecule has 0 saturated carbocycles. The molecule has 3 N–H and O–H groups in total. The standard InChI is InChI=1S/C14H20ClNO3/c1-3-12(16-7-6-13(17)18)14(19)10-4-5-11(15)9(2)8-10/h4-5,8,12,14,16,19H,3,6-7H2,1-2H3,(H,17,18). The number of halogens is 1. The fourth-order valence-corrected chi connectivity index (χ4v) is 2.05. The average Bonchev–Trinajstić information content (AvgIpc) is 2.37. The van der Waals surface area contributed by atoms with Crippen LogP contribution in [0.2, 0.25) is 5.02 Å². The number of carboxylic acids is 1. The third kappa shape index (κ3) is 4.82. The molecule has 0 aliphatic heterocycles. The highest BCUT2D eigenvalue weighted by molar-refractivity contribution is 6.31. The van der Waals surface area contributed by atoms with Crippen LogP contribution in [0.3, 0.4) is 0 Å². The Labute approximate surface area is 118 Å². The molecule has 0 bridgehead atoms. The number of carboxylic acid groups (broad SMARTS) is 1. The molecular formula is C14H20ClNO3. The predicted octanol–water partition coefficient (Wildman–Crippen LogP) is 2.52. The van der Waals surface area contributed by atoms with Crippen LogP contribution in [0.1, 0.15) is 37.0 Å². The van der Waals surface area contributed by atoms with E-state index in [0.29, 0.717) is 18.0 Å². The van der Waals surface area contributed by atoms with Gasteiger partial charge in [-0.05, 0) is 30.5 Å². The van der Waals surface area contributed by atoms with Crippen molar-refractivity contribution in [3.63, 3.8) is 0 Å². The molecule has 0 aromatic heterocycles. The quantitative estimate of drug-likeness (QED) is 0.720. The van der Waals surface area contributed by atoms with E-state index >= 15 is 0 Å². The van der Waals surface area contributed by atoms with Gasteiger partial charge in [0.1, 0.15) is 0 Å². The molecule has 106 valence electrons. The second kappa shape index (κ2) is 7.48. The highest BCUT2D eigenvalue weighted by Crippen LogP contribution is 2.23. The Morgan fingerprint density at radius 2 is 2.16 bits per heavy atom. The van der Waals surface area contributed by atoms with E-state index in [2.05, 4.69) is 5.32 Å². The number of hydrogen-bond donors (Lipinski definition) is 3. The molecule has 0 radical (unpaired) electrons. The first-order valence-corrected chi connectivity index (χ1v) is 6.72. The average molecular weight is 286 g/mol. The first-order chi connectivity index (χ1) is 8.95. The maximum absolute atomic E-state index is 10.5. The summed E-state index contributed by atoms with van der Waals surface area (Å²) in [5, 5.41) is 22.7. The van der Waals surface area contributed by atoms with Crippen LogP contribution >= 0.6 is 11.6 Å². The van der Waals surface area contributed by atoms with Crippen molar-refractivity contribution < 1.29 is 15.0 Å². The molecule has 0 heterocycles. The largest absolute Gasteiger partial charge is 0.481 e. The summed E-state index contributed by atoms with van der Waals surface area (Å²) in [7, 11) is 0. The van der Waals surface area contributed by atoms with Crippen LogP contribution in [0.15, 0.2) is 18.2 Å². The Morgan fingerprint density at radius 3 is 2.68 bits per heavy atom. The first-order valence-electron chi connectivity index (χ1n) is 6.35. The molecule has 1 aromatic carbocycles. The number of rotatable bonds is 7. The second-order valence-electron chi connectivity index (χ2n) is 4.57. The molecule has 0 spiro atoms. The van der Waals surface area contributed by atoms with E-state index in [4.69, 9.17) is 16.7 Å². The minimum atomic E-state index is -0.848. The summed E-state index contributed by atoms with van der Waals surface area (Å²) in [6, 6.07) is 5.25. The van der Waals surface area contributed by atoms with Crippen molar-refractivity contribution in [3.8, 4) is 0 Å². The zero-order valence-electron chi connectivity index (χ0n) is 11.2. The predicted molar refractivity (Wildman–Crippen MR) is 75.5 cm³/mol. The van der Waals surface area contributed by atoms with Gasteiger partial charge in [0, 0.05) is 17.6 Å². The van der Waals surface area contributed by atoms with Gasteiger partial charge in [0.05, 0.1) is 12.5 Å². The van der Waals surface area contributed by atoms with E-state index in [1.807, 2.05) is 19.9 Å². The van der Waals surface area contributed by atoms with Crippen LogP contribution in [0.5, 0.6) is 0 Å². The summed E-state index contributed by atoms with van der Waals surface area (Å²) in [5.74, 6) is -0.848. The van der Waals surface area contributed by atoms with Crippen LogP contribution in [-0.4, -0.2) is 28.8 Å². The van der Waals surface area contributed by atoms with Crippen molar-refractivity contribution in [3.05, 3.63) is 34.3 Å². The van der Waals surface area contributed by atoms with Crippen molar-refractivity contribution in [1.82, 2.24) is 5.32 Å². The number of aryl methyl sites for hydroxylation is 1. The number of hydrogen-bond acceptors (Lipinski definition) is 3. The highest BCUT2D eigenvalue weighted by Gasteiger charge is 2.19. The number of aliphatic carboxylic acids is 1. The van der Waals surface area contributed by atoms with Gasteiger partial charge in [-0.25, -0.2) is 0 Å². The molecule has 19 heavy (non-hydrogen) atoms. The van der Waals surface area contributed by atoms with Gasteiger partial charge in [-0.2, -0.15) is 0 Å². The van der Waals surface area contributed by atoms with Crippen molar-refractivity contribution in [2.45, 2.75) is 38.8 Å². The van der Waals surface area contributed by atoms with Crippen LogP contribution in [-0.2, 0) is 4.79 Å². The van der Waals surface area contributed by atoms with Crippen LogP contribution in [0.25, 0.3) is 0 Å². The Kier molecular flexibility index (Phi) is 6.28. The molecule has 0 fully saturated rings. The molecule has 1 rings (SSSR count). The summed E-state index contributed by atoms with van der Waals surface area (Å²) in [5.41, 5.74) is 1.70. The van der Waals surface area contributed by atoms with Crippen molar-refractivity contribution in [1.29, 1.82) is 0 Å². The Morgan fingerprint density at radius 1 is 1.47 bits per heavy atom. The molecule has 5 heteroatoms. The zero-order chi connectivity index (χ0) is 14.4. The lowest BCUT2D eigenvalue weighted by atomic mass is 9.98. The molecular weight excluding hydrogens is 266 g/mol. The fourth-order valence-electron chi connectivity index (χ4n) is 1.93. The minimum Gasteiger partial charge on any atom is -0.481 e. The van der Waals surface area contributed by atoms with Gasteiger partial charge in [-0.15, -0.1) is 0 Å². The van der Waals surface area contributed by atoms with Gasteiger partial charge in [0.15, 0.2) is 0 Å². The Bertz CT molecular complexity index is 437. The zero-order valence-corrected chi connectivity index (χ0v) is 11.9. The lowest BCUT2D eigenvalue weighted by Crippen LogP contribution is -2.35. The summed E-state index contributed by atoms with van der Waals surface area (Å²) in [6.07, 6.45) is 0.0838. The number of nitrogens with one attached hydrogen (secondary N) is 1. The number of aliphatic hydroxyl groups is 1. The van der Waals surface area contributed by atoms with Crippen LogP contribution in [0.4, 0.5) is 0 Å². The number of carbonyl (C=O) groups is 1. The lowest BCUT2D eigenvalue weighted by molar-refractivity contribution is -0.136. The molecule has 4 nitrogen and oxygen atoms in total. The fraction of sp³-hybridized carbons (Fsp3) is 0.500. The normalized spacial score (nSPS) is 14.1. The highest BCUT2D eigenvalue weighted by atomic mass is 35.5. The van der Waals surface area contributed by atoms with Gasteiger partial charge in [0.2, 0.25) is 0 Å². The topological polar surface area (TPSA) is 69.6 Å². The van der Waals surface area contributed by atoms with E-state index in [1.54, 1.807) is 12.1 Å². The summed E-state index contributed by atoms with van der Waals surface area (Å²) >= 11 is 5.95. The lowest BCUT2D eigenvalue weighted by Gasteiger charge is -2.23. The molecule has 0 saturated heterocycles. The van der Waals surface area contributed by atoms with Gasteiger partial charge in [0.25, 0.3) is 0 Å². The second-order valence-corrected chi connectivity index (χ2v) is 4.97. The third-order valence-corrected chi connectivity index (χ3v) is 3.51. The minimum absolute atomic E-state index is 0.0445. The maximum atomic E-state index is 10.5. The van der Waals surface area contributed by atoms with Crippen molar-refractivity contribution in [2.24, 2.45) is 0 Å². The number of aliphatic hydroxyl groups excluding tert-OH is 1. The van der Waals surface area contributed by atoms with E-state index < -0.39 is 12.1 Å². The molecule has 2 unspecified atom stereocenters. The summed E-state index contributed by atoms with van der Waals surface area (Å²) in [6.45, 7) is 4.18. The van der Waals surface area contributed by atoms with Crippen molar-refractivity contribution in [2.75, 3.05) is 6.54 Å². The molecule has 0 amide bonds. The Hall–Kier alpha value is -1.10. The van der Waals surface area contributed by atoms with Crippen molar-refractivity contribution >= 4 is 17.6 Å². The summed E-state index contributed by atoms with van der Waals surface area (Å²) in [4.78, 5) is 10.5. The molecule has 2 atom stereocenters. The summed E-state index contributed by atoms with van der Waals surface area (Å²) < 4.78 is 0. The van der Waals surface area contributed by atoms with E-state index in [0.717, 1.165) is 11.1 Å².